The molecule has 1 atom stereocenters. The standard InChI is InChI=1S/C15H22N6/c1-4-21(5-2)11(3)13-18-14(16)20-15(19-13)17-12-9-7-6-8-10-12/h6-11H,4-5H2,1-3H3,(H3,16,17,18,19,20). The Morgan fingerprint density at radius 1 is 1.10 bits per heavy atom. The van der Waals surface area contributed by atoms with Crippen molar-refractivity contribution in [1.82, 2.24) is 19.9 Å². The lowest BCUT2D eigenvalue weighted by molar-refractivity contribution is 0.226. The third kappa shape index (κ3) is 3.88. The number of hydrogen-bond donors (Lipinski definition) is 2. The van der Waals surface area contributed by atoms with Gasteiger partial charge in [0.05, 0.1) is 6.04 Å². The van der Waals surface area contributed by atoms with Crippen molar-refractivity contribution >= 4 is 17.6 Å². The zero-order valence-corrected chi connectivity index (χ0v) is 12.7. The summed E-state index contributed by atoms with van der Waals surface area (Å²) in [5.41, 5.74) is 6.73. The maximum absolute atomic E-state index is 5.81. The van der Waals surface area contributed by atoms with Crippen LogP contribution in [0.25, 0.3) is 0 Å². The molecule has 0 radical (unpaired) electrons. The Labute approximate surface area is 125 Å². The molecule has 1 unspecified atom stereocenters. The van der Waals surface area contributed by atoms with Gasteiger partial charge in [0.2, 0.25) is 11.9 Å². The predicted octanol–water partition coefficient (Wildman–Crippen LogP) is 2.60. The van der Waals surface area contributed by atoms with E-state index in [1.807, 2.05) is 30.3 Å². The fraction of sp³-hybridized carbons (Fsp3) is 0.400. The molecule has 3 N–H and O–H groups in total. The van der Waals surface area contributed by atoms with Crippen LogP contribution in [-0.2, 0) is 0 Å². The summed E-state index contributed by atoms with van der Waals surface area (Å²) in [7, 11) is 0. The van der Waals surface area contributed by atoms with Crippen molar-refractivity contribution in [2.75, 3.05) is 24.1 Å². The van der Waals surface area contributed by atoms with Gasteiger partial charge in [0.15, 0.2) is 5.82 Å². The molecule has 0 bridgehead atoms. The van der Waals surface area contributed by atoms with E-state index < -0.39 is 0 Å². The van der Waals surface area contributed by atoms with Crippen LogP contribution in [-0.4, -0.2) is 32.9 Å². The van der Waals surface area contributed by atoms with E-state index in [0.717, 1.165) is 18.8 Å². The highest BCUT2D eigenvalue weighted by Crippen LogP contribution is 2.19. The number of nitrogen functional groups attached to an aromatic ring is 1. The average Bonchev–Trinajstić information content (AvgIpc) is 2.49. The van der Waals surface area contributed by atoms with Crippen molar-refractivity contribution in [2.45, 2.75) is 26.8 Å². The van der Waals surface area contributed by atoms with Gasteiger partial charge in [-0.25, -0.2) is 0 Å². The first-order valence-electron chi connectivity index (χ1n) is 7.21. The van der Waals surface area contributed by atoms with Crippen molar-refractivity contribution in [1.29, 1.82) is 0 Å². The third-order valence-corrected chi connectivity index (χ3v) is 3.43. The number of anilines is 3. The van der Waals surface area contributed by atoms with E-state index in [9.17, 15) is 0 Å². The lowest BCUT2D eigenvalue weighted by atomic mass is 10.2. The topological polar surface area (TPSA) is 80.0 Å². The molecule has 6 heteroatoms. The van der Waals surface area contributed by atoms with E-state index in [1.54, 1.807) is 0 Å². The Morgan fingerprint density at radius 2 is 1.76 bits per heavy atom. The lowest BCUT2D eigenvalue weighted by Gasteiger charge is -2.25. The molecule has 1 heterocycles. The van der Waals surface area contributed by atoms with Gasteiger partial charge in [0.1, 0.15) is 0 Å². The first kappa shape index (κ1) is 15.2. The highest BCUT2D eigenvalue weighted by molar-refractivity contribution is 5.53. The highest BCUT2D eigenvalue weighted by atomic mass is 15.2. The summed E-state index contributed by atoms with van der Waals surface area (Å²) in [4.78, 5) is 15.2. The third-order valence-electron chi connectivity index (χ3n) is 3.43. The largest absolute Gasteiger partial charge is 0.368 e. The van der Waals surface area contributed by atoms with Gasteiger partial charge in [-0.1, -0.05) is 32.0 Å². The Kier molecular flexibility index (Phi) is 5.05. The Bertz CT molecular complexity index is 568. The SMILES string of the molecule is CCN(CC)C(C)c1nc(N)nc(Nc2ccccc2)n1. The van der Waals surface area contributed by atoms with Gasteiger partial charge in [-0.3, -0.25) is 4.90 Å². The van der Waals surface area contributed by atoms with Crippen molar-refractivity contribution in [2.24, 2.45) is 0 Å². The minimum absolute atomic E-state index is 0.0987. The molecule has 1 aromatic carbocycles. The number of benzene rings is 1. The second kappa shape index (κ2) is 6.99. The number of nitrogens with two attached hydrogens (primary N) is 1. The fourth-order valence-electron chi connectivity index (χ4n) is 2.24. The molecule has 0 aliphatic carbocycles. The number of rotatable bonds is 6. The molecule has 6 nitrogen and oxygen atoms in total. The van der Waals surface area contributed by atoms with Gasteiger partial charge in [-0.05, 0) is 32.1 Å². The summed E-state index contributed by atoms with van der Waals surface area (Å²) in [6, 6.07) is 9.86. The van der Waals surface area contributed by atoms with Crippen LogP contribution < -0.4 is 11.1 Å². The molecule has 0 aliphatic rings. The zero-order valence-electron chi connectivity index (χ0n) is 12.7. The van der Waals surface area contributed by atoms with E-state index in [4.69, 9.17) is 5.73 Å². The Balaban J connectivity index is 2.25. The molecule has 0 saturated heterocycles. The van der Waals surface area contributed by atoms with Crippen LogP contribution in [0.2, 0.25) is 0 Å². The molecule has 0 amide bonds. The van der Waals surface area contributed by atoms with Crippen LogP contribution in [0.5, 0.6) is 0 Å². The van der Waals surface area contributed by atoms with Crippen molar-refractivity contribution in [3.05, 3.63) is 36.2 Å². The second-order valence-corrected chi connectivity index (χ2v) is 4.76. The number of para-hydroxylation sites is 1. The molecule has 2 aromatic rings. The number of nitrogens with zero attached hydrogens (tertiary/aromatic N) is 4. The van der Waals surface area contributed by atoms with Gasteiger partial charge < -0.3 is 11.1 Å². The molecule has 0 aliphatic heterocycles. The molecule has 0 spiro atoms. The highest BCUT2D eigenvalue weighted by Gasteiger charge is 2.17. The van der Waals surface area contributed by atoms with E-state index in [-0.39, 0.29) is 12.0 Å². The maximum atomic E-state index is 5.81. The van der Waals surface area contributed by atoms with Crippen molar-refractivity contribution in [3.63, 3.8) is 0 Å². The fourth-order valence-corrected chi connectivity index (χ4v) is 2.24. The summed E-state index contributed by atoms with van der Waals surface area (Å²) in [5.74, 6) is 1.39. The quantitative estimate of drug-likeness (QED) is 0.849. The molecule has 112 valence electrons. The first-order valence-corrected chi connectivity index (χ1v) is 7.21. The maximum Gasteiger partial charge on any atom is 0.232 e. The Hall–Kier alpha value is -2.21. The first-order chi connectivity index (χ1) is 10.1. The molecule has 0 fully saturated rings. The average molecular weight is 286 g/mol. The van der Waals surface area contributed by atoms with Crippen molar-refractivity contribution < 1.29 is 0 Å². The minimum Gasteiger partial charge on any atom is -0.368 e. The van der Waals surface area contributed by atoms with Gasteiger partial charge in [0, 0.05) is 5.69 Å². The monoisotopic (exact) mass is 286 g/mol. The van der Waals surface area contributed by atoms with E-state index in [2.05, 4.69) is 45.9 Å². The van der Waals surface area contributed by atoms with Gasteiger partial charge in [-0.15, -0.1) is 0 Å². The minimum atomic E-state index is 0.0987. The van der Waals surface area contributed by atoms with E-state index >= 15 is 0 Å². The van der Waals surface area contributed by atoms with Crippen molar-refractivity contribution in [3.8, 4) is 0 Å². The van der Waals surface area contributed by atoms with Crippen LogP contribution >= 0.6 is 0 Å². The Morgan fingerprint density at radius 3 is 2.38 bits per heavy atom. The van der Waals surface area contributed by atoms with Gasteiger partial charge in [-0.2, -0.15) is 15.0 Å². The van der Waals surface area contributed by atoms with Crippen LogP contribution in [0.4, 0.5) is 17.6 Å². The summed E-state index contributed by atoms with van der Waals surface area (Å²) in [6.45, 7) is 8.19. The summed E-state index contributed by atoms with van der Waals surface area (Å²) >= 11 is 0. The van der Waals surface area contributed by atoms with E-state index in [1.165, 1.54) is 0 Å². The normalized spacial score (nSPS) is 12.4. The number of nitrogens with one attached hydrogen (secondary N) is 1. The molecular weight excluding hydrogens is 264 g/mol. The molecule has 2 rings (SSSR count). The van der Waals surface area contributed by atoms with Crippen LogP contribution in [0.3, 0.4) is 0 Å². The molecular formula is C15H22N6. The van der Waals surface area contributed by atoms with Crippen LogP contribution in [0, 0.1) is 0 Å². The van der Waals surface area contributed by atoms with Gasteiger partial charge >= 0.3 is 0 Å². The molecule has 21 heavy (non-hydrogen) atoms. The number of hydrogen-bond acceptors (Lipinski definition) is 6. The molecule has 0 saturated carbocycles. The lowest BCUT2D eigenvalue weighted by Crippen LogP contribution is -2.28. The molecule has 1 aromatic heterocycles. The summed E-state index contributed by atoms with van der Waals surface area (Å²) < 4.78 is 0. The summed E-state index contributed by atoms with van der Waals surface area (Å²) in [5, 5.41) is 3.15. The van der Waals surface area contributed by atoms with E-state index in [0.29, 0.717) is 11.8 Å². The smallest absolute Gasteiger partial charge is 0.232 e. The number of aromatic nitrogens is 3. The van der Waals surface area contributed by atoms with Gasteiger partial charge in [0.25, 0.3) is 0 Å². The second-order valence-electron chi connectivity index (χ2n) is 4.76. The predicted molar refractivity (Wildman–Crippen MR) is 85.3 cm³/mol. The van der Waals surface area contributed by atoms with Crippen LogP contribution in [0.15, 0.2) is 30.3 Å². The summed E-state index contributed by atoms with van der Waals surface area (Å²) in [6.07, 6.45) is 0. The zero-order chi connectivity index (χ0) is 15.2. The van der Waals surface area contributed by atoms with Crippen LogP contribution in [0.1, 0.15) is 32.6 Å².